The van der Waals surface area contributed by atoms with Crippen molar-refractivity contribution in [1.29, 1.82) is 0 Å². The van der Waals surface area contributed by atoms with Crippen molar-refractivity contribution in [3.63, 3.8) is 0 Å². The number of hydrogen-bond donors (Lipinski definition) is 2. The van der Waals surface area contributed by atoms with E-state index in [2.05, 4.69) is 15.3 Å². The summed E-state index contributed by atoms with van der Waals surface area (Å²) in [4.78, 5) is 8.81. The van der Waals surface area contributed by atoms with Gasteiger partial charge in [0, 0.05) is 23.0 Å². The largest absolute Gasteiger partial charge is 0.397 e. The number of nitrogen functional groups attached to an aromatic ring is 1. The molecule has 1 aromatic carbocycles. The Balaban J connectivity index is 1.90. The lowest BCUT2D eigenvalue weighted by atomic mass is 10.1. The first-order valence-corrected chi connectivity index (χ1v) is 6.53. The van der Waals surface area contributed by atoms with Crippen molar-refractivity contribution in [1.82, 2.24) is 9.97 Å². The number of rotatable bonds is 3. The lowest BCUT2D eigenvalue weighted by Crippen LogP contribution is -2.03. The predicted octanol–water partition coefficient (Wildman–Crippen LogP) is 3.13. The van der Waals surface area contributed by atoms with Crippen molar-refractivity contribution < 1.29 is 0 Å². The molecule has 0 radical (unpaired) electrons. The van der Waals surface area contributed by atoms with Gasteiger partial charge >= 0.3 is 0 Å². The summed E-state index contributed by atoms with van der Waals surface area (Å²) >= 11 is 0. The fraction of sp³-hybridized carbons (Fsp3) is 0.125. The van der Waals surface area contributed by atoms with E-state index >= 15 is 0 Å². The third-order valence-electron chi connectivity index (χ3n) is 3.21. The minimum absolute atomic E-state index is 0.676. The lowest BCUT2D eigenvalue weighted by Gasteiger charge is -2.10. The van der Waals surface area contributed by atoms with Crippen molar-refractivity contribution in [3.8, 4) is 0 Å². The van der Waals surface area contributed by atoms with Crippen LogP contribution in [0.25, 0.3) is 10.9 Å². The highest BCUT2D eigenvalue weighted by Crippen LogP contribution is 2.26. The summed E-state index contributed by atoms with van der Waals surface area (Å²) in [5.74, 6) is 0. The molecule has 0 amide bonds. The molecule has 4 heteroatoms. The summed E-state index contributed by atoms with van der Waals surface area (Å²) in [5.41, 5.74) is 10.5. The predicted molar refractivity (Wildman–Crippen MR) is 82.5 cm³/mol. The molecule has 2 heterocycles. The summed E-state index contributed by atoms with van der Waals surface area (Å²) < 4.78 is 0. The average molecular weight is 264 g/mol. The van der Waals surface area contributed by atoms with Gasteiger partial charge in [-0.2, -0.15) is 0 Å². The quantitative estimate of drug-likeness (QED) is 0.713. The Hall–Kier alpha value is -2.62. The molecule has 3 rings (SSSR count). The molecule has 2 aromatic heterocycles. The molecular formula is C16H16N4. The van der Waals surface area contributed by atoms with E-state index in [4.69, 9.17) is 5.73 Å². The molecule has 3 N–H and O–H groups in total. The summed E-state index contributed by atoms with van der Waals surface area (Å²) in [6.45, 7) is 2.67. The van der Waals surface area contributed by atoms with E-state index in [0.29, 0.717) is 12.2 Å². The van der Waals surface area contributed by atoms with Crippen LogP contribution in [0.5, 0.6) is 0 Å². The van der Waals surface area contributed by atoms with Crippen LogP contribution < -0.4 is 11.1 Å². The Morgan fingerprint density at radius 1 is 1.10 bits per heavy atom. The van der Waals surface area contributed by atoms with Gasteiger partial charge in [0.1, 0.15) is 0 Å². The molecule has 0 spiro atoms. The number of pyridine rings is 2. The number of aryl methyl sites for hydroxylation is 1. The van der Waals surface area contributed by atoms with Gasteiger partial charge < -0.3 is 11.1 Å². The molecule has 0 aliphatic carbocycles. The molecule has 0 unspecified atom stereocenters. The molecule has 4 nitrogen and oxygen atoms in total. The molecule has 3 aromatic rings. The summed E-state index contributed by atoms with van der Waals surface area (Å²) in [7, 11) is 0. The van der Waals surface area contributed by atoms with Crippen molar-refractivity contribution >= 4 is 22.3 Å². The fourth-order valence-electron chi connectivity index (χ4n) is 2.23. The molecule has 0 bridgehead atoms. The maximum atomic E-state index is 5.95. The van der Waals surface area contributed by atoms with Crippen LogP contribution in [0.3, 0.4) is 0 Å². The first-order chi connectivity index (χ1) is 9.74. The number of anilines is 2. The van der Waals surface area contributed by atoms with Crippen molar-refractivity contribution in [2.24, 2.45) is 0 Å². The first kappa shape index (κ1) is 12.4. The minimum atomic E-state index is 0.676. The number of fused-ring (bicyclic) bond motifs is 1. The van der Waals surface area contributed by atoms with Crippen molar-refractivity contribution in [3.05, 3.63) is 60.0 Å². The number of aromatic nitrogens is 2. The second-order valence-corrected chi connectivity index (χ2v) is 4.73. The zero-order chi connectivity index (χ0) is 13.9. The Kier molecular flexibility index (Phi) is 3.21. The number of benzene rings is 1. The number of nitrogens with zero attached hydrogens (tertiary/aromatic N) is 2. The van der Waals surface area contributed by atoms with E-state index in [9.17, 15) is 0 Å². The lowest BCUT2D eigenvalue weighted by molar-refractivity contribution is 1.02. The second-order valence-electron chi connectivity index (χ2n) is 4.73. The Labute approximate surface area is 117 Å². The van der Waals surface area contributed by atoms with Crippen LogP contribution in [-0.4, -0.2) is 9.97 Å². The van der Waals surface area contributed by atoms with Gasteiger partial charge in [-0.3, -0.25) is 9.97 Å². The van der Waals surface area contributed by atoms with Crippen LogP contribution in [0.15, 0.2) is 48.7 Å². The van der Waals surface area contributed by atoms with Crippen molar-refractivity contribution in [2.75, 3.05) is 11.1 Å². The van der Waals surface area contributed by atoms with Gasteiger partial charge in [0.05, 0.1) is 23.4 Å². The number of hydrogen-bond acceptors (Lipinski definition) is 4. The van der Waals surface area contributed by atoms with E-state index in [0.717, 1.165) is 28.0 Å². The van der Waals surface area contributed by atoms with Gasteiger partial charge in [0.2, 0.25) is 0 Å². The van der Waals surface area contributed by atoms with Gasteiger partial charge in [0.25, 0.3) is 0 Å². The van der Waals surface area contributed by atoms with Crippen LogP contribution in [-0.2, 0) is 6.54 Å². The summed E-state index contributed by atoms with van der Waals surface area (Å²) in [6.07, 6.45) is 1.75. The van der Waals surface area contributed by atoms with E-state index < -0.39 is 0 Å². The second kappa shape index (κ2) is 5.17. The Morgan fingerprint density at radius 2 is 2.00 bits per heavy atom. The van der Waals surface area contributed by atoms with Gasteiger partial charge in [0.15, 0.2) is 0 Å². The molecule has 100 valence electrons. The molecule has 0 atom stereocenters. The van der Waals surface area contributed by atoms with Crippen LogP contribution in [0.1, 0.15) is 11.4 Å². The zero-order valence-electron chi connectivity index (χ0n) is 11.3. The highest BCUT2D eigenvalue weighted by molar-refractivity contribution is 5.98. The molecule has 0 aliphatic heterocycles. The zero-order valence-corrected chi connectivity index (χ0v) is 11.3. The topological polar surface area (TPSA) is 63.8 Å². The number of nitrogens with one attached hydrogen (secondary N) is 1. The summed E-state index contributed by atoms with van der Waals surface area (Å²) in [6, 6.07) is 13.8. The number of nitrogens with two attached hydrogens (primary N) is 1. The van der Waals surface area contributed by atoms with Crippen LogP contribution in [0, 0.1) is 6.92 Å². The fourth-order valence-corrected chi connectivity index (χ4v) is 2.23. The first-order valence-electron chi connectivity index (χ1n) is 6.53. The standard InChI is InChI=1S/C16H16N4/c1-11-4-2-5-12(20-11)10-19-15-8-7-14(17)16-13(15)6-3-9-18-16/h2-9,19H,10,17H2,1H3. The third kappa shape index (κ3) is 2.40. The van der Waals surface area contributed by atoms with E-state index in [-0.39, 0.29) is 0 Å². The Morgan fingerprint density at radius 3 is 2.85 bits per heavy atom. The van der Waals surface area contributed by atoms with E-state index in [1.165, 1.54) is 0 Å². The summed E-state index contributed by atoms with van der Waals surface area (Å²) in [5, 5.41) is 4.43. The maximum absolute atomic E-state index is 5.95. The van der Waals surface area contributed by atoms with E-state index in [1.807, 2.05) is 49.4 Å². The monoisotopic (exact) mass is 264 g/mol. The van der Waals surface area contributed by atoms with Crippen LogP contribution in [0.2, 0.25) is 0 Å². The van der Waals surface area contributed by atoms with E-state index in [1.54, 1.807) is 6.20 Å². The van der Waals surface area contributed by atoms with Gasteiger partial charge in [-0.1, -0.05) is 6.07 Å². The SMILES string of the molecule is Cc1cccc(CNc2ccc(N)c3ncccc23)n1. The van der Waals surface area contributed by atoms with Crippen LogP contribution in [0.4, 0.5) is 11.4 Å². The smallest absolute Gasteiger partial charge is 0.0951 e. The van der Waals surface area contributed by atoms with Crippen molar-refractivity contribution in [2.45, 2.75) is 13.5 Å². The van der Waals surface area contributed by atoms with Gasteiger partial charge in [-0.25, -0.2) is 0 Å². The maximum Gasteiger partial charge on any atom is 0.0951 e. The van der Waals surface area contributed by atoms with Gasteiger partial charge in [-0.05, 0) is 43.3 Å². The van der Waals surface area contributed by atoms with Crippen LogP contribution >= 0.6 is 0 Å². The molecule has 0 saturated carbocycles. The molecular weight excluding hydrogens is 248 g/mol. The molecule has 0 saturated heterocycles. The average Bonchev–Trinajstić information content (AvgIpc) is 2.47. The normalized spacial score (nSPS) is 10.7. The minimum Gasteiger partial charge on any atom is -0.397 e. The third-order valence-corrected chi connectivity index (χ3v) is 3.21. The van der Waals surface area contributed by atoms with Gasteiger partial charge in [-0.15, -0.1) is 0 Å². The molecule has 0 fully saturated rings. The Bertz CT molecular complexity index is 752. The molecule has 20 heavy (non-hydrogen) atoms. The highest BCUT2D eigenvalue weighted by Gasteiger charge is 2.04. The highest BCUT2D eigenvalue weighted by atomic mass is 14.9. The molecule has 0 aliphatic rings.